The zero-order valence-corrected chi connectivity index (χ0v) is 13.8. The second-order valence-corrected chi connectivity index (χ2v) is 5.90. The molecule has 1 aromatic heterocycles. The molecule has 0 radical (unpaired) electrons. The molecule has 0 aliphatic carbocycles. The van der Waals surface area contributed by atoms with Gasteiger partial charge < -0.3 is 25.2 Å². The van der Waals surface area contributed by atoms with Gasteiger partial charge in [-0.15, -0.1) is 0 Å². The van der Waals surface area contributed by atoms with Crippen molar-refractivity contribution in [1.82, 2.24) is 15.6 Å². The number of fused-ring (bicyclic) bond motifs is 1. The molecule has 1 aliphatic rings. The minimum absolute atomic E-state index is 0.234. The lowest BCUT2D eigenvalue weighted by Gasteiger charge is -2.15. The molecular formula is C17H20FN3O4. The quantitative estimate of drug-likeness (QED) is 0.698. The third-order valence-corrected chi connectivity index (χ3v) is 4.10. The number of pyridine rings is 1. The number of ether oxygens (including phenoxy) is 2. The number of aliphatic hydroxyl groups is 1. The summed E-state index contributed by atoms with van der Waals surface area (Å²) < 4.78 is 24.3. The second kappa shape index (κ2) is 7.62. The number of rotatable bonds is 7. The Balaban J connectivity index is 1.62. The predicted molar refractivity (Wildman–Crippen MR) is 88.9 cm³/mol. The van der Waals surface area contributed by atoms with Gasteiger partial charge in [0.1, 0.15) is 17.7 Å². The van der Waals surface area contributed by atoms with Crippen LogP contribution < -0.4 is 15.4 Å². The zero-order valence-electron chi connectivity index (χ0n) is 13.8. The molecule has 1 amide bonds. The van der Waals surface area contributed by atoms with E-state index in [1.807, 2.05) is 0 Å². The Kier molecular flexibility index (Phi) is 5.30. The first-order valence-electron chi connectivity index (χ1n) is 8.01. The van der Waals surface area contributed by atoms with E-state index in [2.05, 4.69) is 15.6 Å². The largest absolute Gasteiger partial charge is 0.497 e. The summed E-state index contributed by atoms with van der Waals surface area (Å²) >= 11 is 0. The standard InChI is InChI=1S/C17H20FN3O4/c1-24-11-2-3-16-13(5-11)14(15(18)9-20-16)8-19-6-10(22)4-12-7-21-17(23)25-12/h2-3,5,9-10,12,19,22H,4,6-8H2,1H3,(H,21,23). The van der Waals surface area contributed by atoms with E-state index in [1.165, 1.54) is 6.20 Å². The maximum atomic E-state index is 14.2. The van der Waals surface area contributed by atoms with Crippen LogP contribution in [0.2, 0.25) is 0 Å². The van der Waals surface area contributed by atoms with Crippen LogP contribution in [0.25, 0.3) is 10.9 Å². The number of nitrogens with zero attached hydrogens (tertiary/aromatic N) is 1. The smallest absolute Gasteiger partial charge is 0.407 e. The van der Waals surface area contributed by atoms with Gasteiger partial charge in [-0.05, 0) is 18.2 Å². The molecule has 3 rings (SSSR count). The van der Waals surface area contributed by atoms with Gasteiger partial charge in [0.25, 0.3) is 0 Å². The van der Waals surface area contributed by atoms with Gasteiger partial charge in [-0.1, -0.05) is 0 Å². The second-order valence-electron chi connectivity index (χ2n) is 5.90. The number of benzene rings is 1. The van der Waals surface area contributed by atoms with Crippen LogP contribution >= 0.6 is 0 Å². The molecule has 8 heteroatoms. The lowest BCUT2D eigenvalue weighted by molar-refractivity contribution is 0.0839. The van der Waals surface area contributed by atoms with E-state index >= 15 is 0 Å². The van der Waals surface area contributed by atoms with Gasteiger partial charge >= 0.3 is 6.09 Å². The summed E-state index contributed by atoms with van der Waals surface area (Å²) in [4.78, 5) is 15.0. The van der Waals surface area contributed by atoms with Gasteiger partial charge in [0, 0.05) is 30.5 Å². The van der Waals surface area contributed by atoms with Crippen LogP contribution in [0, 0.1) is 5.82 Å². The van der Waals surface area contributed by atoms with Crippen molar-refractivity contribution in [1.29, 1.82) is 0 Å². The van der Waals surface area contributed by atoms with Crippen molar-refractivity contribution in [3.63, 3.8) is 0 Å². The van der Waals surface area contributed by atoms with Crippen LogP contribution in [0.4, 0.5) is 9.18 Å². The van der Waals surface area contributed by atoms with Crippen LogP contribution in [0.1, 0.15) is 12.0 Å². The maximum Gasteiger partial charge on any atom is 0.407 e. The number of alkyl carbamates (subject to hydrolysis) is 1. The third-order valence-electron chi connectivity index (χ3n) is 4.10. The van der Waals surface area contributed by atoms with E-state index in [1.54, 1.807) is 25.3 Å². The lowest BCUT2D eigenvalue weighted by atomic mass is 10.1. The van der Waals surface area contributed by atoms with Gasteiger partial charge in [0.15, 0.2) is 0 Å². The predicted octanol–water partition coefficient (Wildman–Crippen LogP) is 1.33. The number of hydrogen-bond donors (Lipinski definition) is 3. The minimum atomic E-state index is -0.705. The number of methoxy groups -OCH3 is 1. The first kappa shape index (κ1) is 17.4. The Morgan fingerprint density at radius 2 is 2.40 bits per heavy atom. The third kappa shape index (κ3) is 4.15. The van der Waals surface area contributed by atoms with E-state index in [0.717, 1.165) is 0 Å². The summed E-state index contributed by atoms with van der Waals surface area (Å²) in [5.74, 6) is 0.202. The van der Waals surface area contributed by atoms with E-state index in [0.29, 0.717) is 35.2 Å². The normalized spacial score (nSPS) is 18.0. The Morgan fingerprint density at radius 3 is 3.12 bits per heavy atom. The number of carbonyl (C=O) groups is 1. The highest BCUT2D eigenvalue weighted by Crippen LogP contribution is 2.24. The van der Waals surface area contributed by atoms with Crippen LogP contribution in [0.3, 0.4) is 0 Å². The summed E-state index contributed by atoms with van der Waals surface area (Å²) in [6, 6.07) is 5.28. The highest BCUT2D eigenvalue weighted by atomic mass is 19.1. The number of aromatic nitrogens is 1. The summed E-state index contributed by atoms with van der Waals surface area (Å²) in [6.45, 7) is 0.873. The number of hydrogen-bond acceptors (Lipinski definition) is 6. The Labute approximate surface area is 144 Å². The summed E-state index contributed by atoms with van der Waals surface area (Å²) in [6.07, 6.45) is -0.00900. The molecule has 2 atom stereocenters. The average Bonchev–Trinajstić information content (AvgIpc) is 3.01. The van der Waals surface area contributed by atoms with Crippen LogP contribution in [0.15, 0.2) is 24.4 Å². The maximum absolute atomic E-state index is 14.2. The number of carbonyl (C=O) groups excluding carboxylic acids is 1. The van der Waals surface area contributed by atoms with E-state index < -0.39 is 18.0 Å². The summed E-state index contributed by atoms with van der Waals surface area (Å²) in [5, 5.41) is 16.3. The molecule has 0 bridgehead atoms. The molecule has 1 aromatic carbocycles. The van der Waals surface area contributed by atoms with Crippen LogP contribution in [0.5, 0.6) is 5.75 Å². The Morgan fingerprint density at radius 1 is 1.56 bits per heavy atom. The van der Waals surface area contributed by atoms with E-state index in [-0.39, 0.29) is 19.2 Å². The highest BCUT2D eigenvalue weighted by molar-refractivity contribution is 5.83. The monoisotopic (exact) mass is 349 g/mol. The molecule has 7 nitrogen and oxygen atoms in total. The average molecular weight is 349 g/mol. The molecule has 25 heavy (non-hydrogen) atoms. The van der Waals surface area contributed by atoms with Crippen molar-refractivity contribution in [3.8, 4) is 5.75 Å². The van der Waals surface area contributed by atoms with Gasteiger partial charge in [-0.2, -0.15) is 0 Å². The number of cyclic esters (lactones) is 1. The SMILES string of the molecule is COc1ccc2ncc(F)c(CNCC(O)CC3CNC(=O)O3)c2c1. The number of nitrogens with one attached hydrogen (secondary N) is 2. The molecule has 2 unspecified atom stereocenters. The van der Waals surface area contributed by atoms with Gasteiger partial charge in [0.05, 0.1) is 31.5 Å². The molecule has 134 valence electrons. The molecular weight excluding hydrogens is 329 g/mol. The van der Waals surface area contributed by atoms with Gasteiger partial charge in [-0.25, -0.2) is 9.18 Å². The zero-order chi connectivity index (χ0) is 17.8. The van der Waals surface area contributed by atoms with Crippen molar-refractivity contribution < 1.29 is 23.8 Å². The Bertz CT molecular complexity index is 771. The minimum Gasteiger partial charge on any atom is -0.497 e. The molecule has 3 N–H and O–H groups in total. The van der Waals surface area contributed by atoms with Crippen molar-refractivity contribution in [2.45, 2.75) is 25.2 Å². The fourth-order valence-electron chi connectivity index (χ4n) is 2.82. The van der Waals surface area contributed by atoms with Crippen molar-refractivity contribution >= 4 is 17.0 Å². The summed E-state index contributed by atoms with van der Waals surface area (Å²) in [5.41, 5.74) is 1.13. The molecule has 0 spiro atoms. The summed E-state index contributed by atoms with van der Waals surface area (Å²) in [7, 11) is 1.55. The first-order valence-corrected chi connectivity index (χ1v) is 8.01. The van der Waals surface area contributed by atoms with E-state index in [4.69, 9.17) is 9.47 Å². The molecule has 0 saturated carbocycles. The fraction of sp³-hybridized carbons (Fsp3) is 0.412. The van der Waals surface area contributed by atoms with Gasteiger partial charge in [0.2, 0.25) is 0 Å². The van der Waals surface area contributed by atoms with E-state index in [9.17, 15) is 14.3 Å². The topological polar surface area (TPSA) is 92.7 Å². The van der Waals surface area contributed by atoms with Crippen molar-refractivity contribution in [2.24, 2.45) is 0 Å². The number of halogens is 1. The molecule has 2 aromatic rings. The lowest BCUT2D eigenvalue weighted by Crippen LogP contribution is -2.31. The molecule has 1 aliphatic heterocycles. The number of aliphatic hydroxyl groups excluding tert-OH is 1. The van der Waals surface area contributed by atoms with Crippen LogP contribution in [-0.2, 0) is 11.3 Å². The highest BCUT2D eigenvalue weighted by Gasteiger charge is 2.24. The number of amides is 1. The molecule has 1 saturated heterocycles. The van der Waals surface area contributed by atoms with Crippen LogP contribution in [-0.4, -0.2) is 48.6 Å². The Hall–Kier alpha value is -2.45. The van der Waals surface area contributed by atoms with Gasteiger partial charge in [-0.3, -0.25) is 4.98 Å². The first-order chi connectivity index (χ1) is 12.1. The molecule has 2 heterocycles. The van der Waals surface area contributed by atoms with Crippen molar-refractivity contribution in [3.05, 3.63) is 35.8 Å². The fourth-order valence-corrected chi connectivity index (χ4v) is 2.82. The molecule has 1 fully saturated rings. The van der Waals surface area contributed by atoms with Crippen molar-refractivity contribution in [2.75, 3.05) is 20.2 Å².